The predicted octanol–water partition coefficient (Wildman–Crippen LogP) is 2.36. The van der Waals surface area contributed by atoms with Crippen LogP contribution in [0, 0.1) is 5.92 Å². The van der Waals surface area contributed by atoms with Crippen molar-refractivity contribution in [3.63, 3.8) is 0 Å². The van der Waals surface area contributed by atoms with Gasteiger partial charge in [0.25, 0.3) is 0 Å². The van der Waals surface area contributed by atoms with E-state index < -0.39 is 12.0 Å². The zero-order valence-corrected chi connectivity index (χ0v) is 17.1. The van der Waals surface area contributed by atoms with Crippen molar-refractivity contribution >= 4 is 34.9 Å². The van der Waals surface area contributed by atoms with Crippen molar-refractivity contribution < 1.29 is 19.1 Å². The van der Waals surface area contributed by atoms with Crippen LogP contribution in [0.25, 0.3) is 0 Å². The standard InChI is InChI=1S/C20H25N3O4S/c1-12-16(19(25)27-10-9-26-3)17(22-20(28)23(12)2)14-5-4-6-15(11-14)21-18(24)13-7-8-13/h4-6,11,13,17H,7-10H2,1-3H3,(H,21,24)(H,22,28)/t17-/m1/s1. The molecule has 0 saturated heterocycles. The van der Waals surface area contributed by atoms with Crippen molar-refractivity contribution in [1.82, 2.24) is 10.2 Å². The number of benzene rings is 1. The van der Waals surface area contributed by atoms with Gasteiger partial charge in [-0.15, -0.1) is 0 Å². The van der Waals surface area contributed by atoms with E-state index in [2.05, 4.69) is 10.6 Å². The molecule has 0 radical (unpaired) electrons. The number of ether oxygens (including phenoxy) is 2. The molecular weight excluding hydrogens is 378 g/mol. The Morgan fingerprint density at radius 3 is 2.75 bits per heavy atom. The molecule has 8 heteroatoms. The molecule has 2 N–H and O–H groups in total. The smallest absolute Gasteiger partial charge is 0.338 e. The topological polar surface area (TPSA) is 79.9 Å². The number of rotatable bonds is 7. The van der Waals surface area contributed by atoms with Crippen LogP contribution in [0.15, 0.2) is 35.5 Å². The molecule has 2 aliphatic rings. The van der Waals surface area contributed by atoms with Gasteiger partial charge in [0.2, 0.25) is 5.91 Å². The summed E-state index contributed by atoms with van der Waals surface area (Å²) in [7, 11) is 3.35. The maximum atomic E-state index is 12.8. The Bertz CT molecular complexity index is 819. The lowest BCUT2D eigenvalue weighted by Crippen LogP contribution is -2.46. The van der Waals surface area contributed by atoms with Crippen LogP contribution < -0.4 is 10.6 Å². The van der Waals surface area contributed by atoms with Crippen molar-refractivity contribution in [2.45, 2.75) is 25.8 Å². The molecule has 0 bridgehead atoms. The number of carbonyl (C=O) groups excluding carboxylic acids is 2. The van der Waals surface area contributed by atoms with E-state index in [-0.39, 0.29) is 18.4 Å². The zero-order chi connectivity index (χ0) is 20.3. The first-order valence-electron chi connectivity index (χ1n) is 9.24. The molecule has 0 spiro atoms. The van der Waals surface area contributed by atoms with Crippen LogP contribution in [0.4, 0.5) is 5.69 Å². The number of methoxy groups -OCH3 is 1. The molecule has 1 aliphatic heterocycles. The van der Waals surface area contributed by atoms with Gasteiger partial charge in [-0.1, -0.05) is 12.1 Å². The molecule has 3 rings (SSSR count). The molecule has 1 fully saturated rings. The van der Waals surface area contributed by atoms with E-state index >= 15 is 0 Å². The lowest BCUT2D eigenvalue weighted by atomic mass is 9.95. The summed E-state index contributed by atoms with van der Waals surface area (Å²) in [6.07, 6.45) is 1.88. The minimum Gasteiger partial charge on any atom is -0.460 e. The number of hydrogen-bond donors (Lipinski definition) is 2. The van der Waals surface area contributed by atoms with Gasteiger partial charge in [0.05, 0.1) is 18.2 Å². The van der Waals surface area contributed by atoms with Gasteiger partial charge in [0.15, 0.2) is 5.11 Å². The van der Waals surface area contributed by atoms with E-state index in [1.165, 1.54) is 0 Å². The molecule has 0 unspecified atom stereocenters. The highest BCUT2D eigenvalue weighted by molar-refractivity contribution is 7.80. The number of carbonyl (C=O) groups is 2. The SMILES string of the molecule is COCCOC(=O)C1=C(C)N(C)C(=S)N[C@@H]1c1cccc(NC(=O)C2CC2)c1. The number of thiocarbonyl (C=S) groups is 1. The maximum absolute atomic E-state index is 12.8. The number of allylic oxidation sites excluding steroid dienone is 1. The van der Waals surface area contributed by atoms with Crippen LogP contribution in [0.5, 0.6) is 0 Å². The van der Waals surface area contributed by atoms with Crippen molar-refractivity contribution in [3.8, 4) is 0 Å². The van der Waals surface area contributed by atoms with Crippen LogP contribution in [-0.4, -0.2) is 49.3 Å². The largest absolute Gasteiger partial charge is 0.460 e. The van der Waals surface area contributed by atoms with Gasteiger partial charge in [0.1, 0.15) is 6.61 Å². The molecule has 28 heavy (non-hydrogen) atoms. The highest BCUT2D eigenvalue weighted by Crippen LogP contribution is 2.33. The molecule has 1 aromatic carbocycles. The molecule has 0 aromatic heterocycles. The molecule has 1 saturated carbocycles. The molecule has 1 heterocycles. The zero-order valence-electron chi connectivity index (χ0n) is 16.3. The van der Waals surface area contributed by atoms with Crippen LogP contribution in [-0.2, 0) is 19.1 Å². The highest BCUT2D eigenvalue weighted by atomic mass is 32.1. The summed E-state index contributed by atoms with van der Waals surface area (Å²) in [6, 6.07) is 6.99. The average Bonchev–Trinajstić information content (AvgIpc) is 3.51. The summed E-state index contributed by atoms with van der Waals surface area (Å²) >= 11 is 5.41. The minimum absolute atomic E-state index is 0.0370. The second-order valence-corrected chi connectivity index (χ2v) is 7.35. The van der Waals surface area contributed by atoms with Crippen molar-refractivity contribution in [1.29, 1.82) is 0 Å². The van der Waals surface area contributed by atoms with Crippen molar-refractivity contribution in [3.05, 3.63) is 41.1 Å². The molecular formula is C20H25N3O4S. The van der Waals surface area contributed by atoms with Gasteiger partial charge in [0, 0.05) is 31.5 Å². The Balaban J connectivity index is 1.87. The monoisotopic (exact) mass is 403 g/mol. The third kappa shape index (κ3) is 4.51. The minimum atomic E-state index is -0.462. The first-order chi connectivity index (χ1) is 13.4. The lowest BCUT2D eigenvalue weighted by Gasteiger charge is -2.35. The molecule has 150 valence electrons. The van der Waals surface area contributed by atoms with E-state index in [0.29, 0.717) is 23.0 Å². The predicted molar refractivity (Wildman–Crippen MR) is 110 cm³/mol. The fourth-order valence-electron chi connectivity index (χ4n) is 3.03. The number of esters is 1. The Morgan fingerprint density at radius 1 is 1.32 bits per heavy atom. The first-order valence-corrected chi connectivity index (χ1v) is 9.65. The number of amides is 1. The Morgan fingerprint density at radius 2 is 2.07 bits per heavy atom. The van der Waals surface area contributed by atoms with E-state index in [1.54, 1.807) is 19.1 Å². The summed E-state index contributed by atoms with van der Waals surface area (Å²) in [5, 5.41) is 6.66. The Hall–Kier alpha value is -2.45. The third-order valence-corrected chi connectivity index (χ3v) is 5.32. The van der Waals surface area contributed by atoms with Gasteiger partial charge in [-0.2, -0.15) is 0 Å². The Kier molecular flexibility index (Phi) is 6.31. The molecule has 1 aromatic rings. The summed E-state index contributed by atoms with van der Waals surface area (Å²) in [5.41, 5.74) is 2.73. The summed E-state index contributed by atoms with van der Waals surface area (Å²) in [5.74, 6) is -0.269. The Labute approximate surface area is 170 Å². The van der Waals surface area contributed by atoms with Crippen LogP contribution in [0.1, 0.15) is 31.4 Å². The second kappa shape index (κ2) is 8.70. The van der Waals surface area contributed by atoms with Gasteiger partial charge in [-0.05, 0) is 49.7 Å². The van der Waals surface area contributed by atoms with Gasteiger partial charge < -0.3 is 25.0 Å². The number of anilines is 1. The molecule has 1 atom stereocenters. The van der Waals surface area contributed by atoms with E-state index in [4.69, 9.17) is 21.7 Å². The third-order valence-electron chi connectivity index (χ3n) is 4.93. The normalized spacial score (nSPS) is 19.3. The number of nitrogens with zero attached hydrogens (tertiary/aromatic N) is 1. The highest BCUT2D eigenvalue weighted by Gasteiger charge is 2.34. The summed E-state index contributed by atoms with van der Waals surface area (Å²) in [6.45, 7) is 2.34. The quantitative estimate of drug-likeness (QED) is 0.411. The average molecular weight is 404 g/mol. The van der Waals surface area contributed by atoms with Crippen molar-refractivity contribution in [2.24, 2.45) is 5.92 Å². The maximum Gasteiger partial charge on any atom is 0.338 e. The van der Waals surface area contributed by atoms with Gasteiger partial charge in [-0.3, -0.25) is 4.79 Å². The van der Waals surface area contributed by atoms with Crippen LogP contribution in [0.2, 0.25) is 0 Å². The van der Waals surface area contributed by atoms with Crippen LogP contribution >= 0.6 is 12.2 Å². The number of hydrogen-bond acceptors (Lipinski definition) is 5. The van der Waals surface area contributed by atoms with E-state index in [1.807, 2.05) is 31.2 Å². The fraction of sp³-hybridized carbons (Fsp3) is 0.450. The molecule has 1 amide bonds. The van der Waals surface area contributed by atoms with Gasteiger partial charge in [-0.25, -0.2) is 4.79 Å². The lowest BCUT2D eigenvalue weighted by molar-refractivity contribution is -0.140. The van der Waals surface area contributed by atoms with Gasteiger partial charge >= 0.3 is 5.97 Å². The fourth-order valence-corrected chi connectivity index (χ4v) is 3.29. The molecule has 1 aliphatic carbocycles. The van der Waals surface area contributed by atoms with E-state index in [0.717, 1.165) is 24.1 Å². The summed E-state index contributed by atoms with van der Waals surface area (Å²) < 4.78 is 10.3. The number of nitrogens with one attached hydrogen (secondary N) is 2. The van der Waals surface area contributed by atoms with Crippen molar-refractivity contribution in [2.75, 3.05) is 32.7 Å². The van der Waals surface area contributed by atoms with E-state index in [9.17, 15) is 9.59 Å². The molecule has 7 nitrogen and oxygen atoms in total. The van der Waals surface area contributed by atoms with Crippen LogP contribution in [0.3, 0.4) is 0 Å². The summed E-state index contributed by atoms with van der Waals surface area (Å²) in [4.78, 5) is 26.6. The second-order valence-electron chi connectivity index (χ2n) is 6.96. The first kappa shape index (κ1) is 20.3.